The van der Waals surface area contributed by atoms with Gasteiger partial charge in [-0.15, -0.1) is 0 Å². The number of aromatic nitrogens is 2. The highest BCUT2D eigenvalue weighted by molar-refractivity contribution is 7.91. The Morgan fingerprint density at radius 2 is 1.75 bits per heavy atom. The molecule has 0 bridgehead atoms. The summed E-state index contributed by atoms with van der Waals surface area (Å²) in [4.78, 5) is 10.5. The van der Waals surface area contributed by atoms with E-state index in [1.54, 1.807) is 6.07 Å². The van der Waals surface area contributed by atoms with Crippen LogP contribution in [0.4, 0.5) is 16.0 Å². The van der Waals surface area contributed by atoms with Gasteiger partial charge < -0.3 is 4.90 Å². The minimum Gasteiger partial charge on any atom is -0.341 e. The summed E-state index contributed by atoms with van der Waals surface area (Å²) in [6.45, 7) is 1.83. The van der Waals surface area contributed by atoms with E-state index in [4.69, 9.17) is 0 Å². The molecule has 6 nitrogen and oxygen atoms in total. The van der Waals surface area contributed by atoms with Crippen LogP contribution >= 0.6 is 0 Å². The molecule has 1 aromatic heterocycles. The molecule has 0 amide bonds. The van der Waals surface area contributed by atoms with Crippen LogP contribution in [0.2, 0.25) is 0 Å². The minimum absolute atomic E-state index is 0.121. The van der Waals surface area contributed by atoms with Crippen molar-refractivity contribution in [2.75, 3.05) is 22.7 Å². The Balaban J connectivity index is 1.67. The highest BCUT2D eigenvalue weighted by Gasteiger charge is 2.16. The van der Waals surface area contributed by atoms with E-state index in [0.717, 1.165) is 25.9 Å². The van der Waals surface area contributed by atoms with E-state index in [0.29, 0.717) is 5.95 Å². The van der Waals surface area contributed by atoms with E-state index < -0.39 is 21.6 Å². The van der Waals surface area contributed by atoms with Gasteiger partial charge in [0.05, 0.1) is 23.8 Å². The highest BCUT2D eigenvalue weighted by atomic mass is 32.2. The Morgan fingerprint density at radius 1 is 1.08 bits per heavy atom. The molecule has 0 aliphatic carbocycles. The van der Waals surface area contributed by atoms with Crippen molar-refractivity contribution in [3.05, 3.63) is 48.0 Å². The predicted molar refractivity (Wildman–Crippen MR) is 90.7 cm³/mol. The predicted octanol–water partition coefficient (Wildman–Crippen LogP) is 2.55. The summed E-state index contributed by atoms with van der Waals surface area (Å²) in [6.07, 6.45) is 6.32. The average molecular weight is 350 g/mol. The molecule has 128 valence electrons. The molecule has 0 radical (unpaired) electrons. The van der Waals surface area contributed by atoms with E-state index in [1.165, 1.54) is 37.0 Å². The zero-order valence-electron chi connectivity index (χ0n) is 13.2. The van der Waals surface area contributed by atoms with Crippen molar-refractivity contribution >= 4 is 21.7 Å². The van der Waals surface area contributed by atoms with Crippen LogP contribution < -0.4 is 9.62 Å². The number of sulfonamides is 1. The maximum Gasteiger partial charge on any atom is 0.237 e. The molecule has 24 heavy (non-hydrogen) atoms. The van der Waals surface area contributed by atoms with E-state index in [-0.39, 0.29) is 11.3 Å². The minimum atomic E-state index is -3.73. The Labute approximate surface area is 140 Å². The van der Waals surface area contributed by atoms with E-state index in [1.807, 2.05) is 0 Å². The SMILES string of the molecule is O=S(=O)(Cc1ccccc1F)Nc1cnc(N2CCCCC2)nc1. The number of anilines is 2. The van der Waals surface area contributed by atoms with Crippen LogP contribution in [0.3, 0.4) is 0 Å². The second-order valence-electron chi connectivity index (χ2n) is 5.77. The molecular weight excluding hydrogens is 331 g/mol. The maximum absolute atomic E-state index is 13.6. The van der Waals surface area contributed by atoms with Crippen molar-refractivity contribution in [1.29, 1.82) is 0 Å². The lowest BCUT2D eigenvalue weighted by Crippen LogP contribution is -2.30. The number of benzene rings is 1. The van der Waals surface area contributed by atoms with Gasteiger partial charge >= 0.3 is 0 Å². The zero-order chi connectivity index (χ0) is 17.0. The number of nitrogens with zero attached hydrogens (tertiary/aromatic N) is 3. The molecule has 1 aliphatic rings. The topological polar surface area (TPSA) is 75.2 Å². The summed E-state index contributed by atoms with van der Waals surface area (Å²) in [5.74, 6) is -0.376. The molecular formula is C16H19FN4O2S. The number of piperidine rings is 1. The van der Waals surface area contributed by atoms with Crippen molar-refractivity contribution in [2.24, 2.45) is 0 Å². The van der Waals surface area contributed by atoms with Crippen LogP contribution in [0.15, 0.2) is 36.7 Å². The summed E-state index contributed by atoms with van der Waals surface area (Å²) in [7, 11) is -3.73. The van der Waals surface area contributed by atoms with Crippen LogP contribution in [0, 0.1) is 5.82 Å². The monoisotopic (exact) mass is 350 g/mol. The van der Waals surface area contributed by atoms with Crippen molar-refractivity contribution in [2.45, 2.75) is 25.0 Å². The normalized spacial score (nSPS) is 15.3. The quantitative estimate of drug-likeness (QED) is 0.897. The molecule has 2 aromatic rings. The van der Waals surface area contributed by atoms with Gasteiger partial charge in [-0.2, -0.15) is 0 Å². The molecule has 3 rings (SSSR count). The molecule has 0 atom stereocenters. The number of hydrogen-bond donors (Lipinski definition) is 1. The fraction of sp³-hybridized carbons (Fsp3) is 0.375. The van der Waals surface area contributed by atoms with Crippen LogP contribution in [0.1, 0.15) is 24.8 Å². The van der Waals surface area contributed by atoms with Crippen LogP contribution in [0.5, 0.6) is 0 Å². The fourth-order valence-corrected chi connectivity index (χ4v) is 3.85. The summed E-state index contributed by atoms with van der Waals surface area (Å²) in [5.41, 5.74) is 0.392. The molecule has 1 fully saturated rings. The Morgan fingerprint density at radius 3 is 2.42 bits per heavy atom. The summed E-state index contributed by atoms with van der Waals surface area (Å²) in [6, 6.07) is 5.81. The first-order valence-electron chi connectivity index (χ1n) is 7.84. The zero-order valence-corrected chi connectivity index (χ0v) is 14.0. The molecule has 0 unspecified atom stereocenters. The maximum atomic E-state index is 13.6. The molecule has 2 heterocycles. The number of hydrogen-bond acceptors (Lipinski definition) is 5. The number of nitrogens with one attached hydrogen (secondary N) is 1. The van der Waals surface area contributed by atoms with Gasteiger partial charge in [-0.3, -0.25) is 4.72 Å². The van der Waals surface area contributed by atoms with Gasteiger partial charge in [0.25, 0.3) is 0 Å². The van der Waals surface area contributed by atoms with E-state index in [2.05, 4.69) is 19.6 Å². The second kappa shape index (κ2) is 7.12. The second-order valence-corrected chi connectivity index (χ2v) is 7.49. The molecule has 1 N–H and O–H groups in total. The van der Waals surface area contributed by atoms with Gasteiger partial charge in [0.2, 0.25) is 16.0 Å². The lowest BCUT2D eigenvalue weighted by atomic mass is 10.1. The van der Waals surface area contributed by atoms with E-state index >= 15 is 0 Å². The Kier molecular flexibility index (Phi) is 4.94. The van der Waals surface area contributed by atoms with Crippen LogP contribution in [0.25, 0.3) is 0 Å². The van der Waals surface area contributed by atoms with E-state index in [9.17, 15) is 12.8 Å². The smallest absolute Gasteiger partial charge is 0.237 e. The van der Waals surface area contributed by atoms with Gasteiger partial charge in [-0.25, -0.2) is 22.8 Å². The fourth-order valence-electron chi connectivity index (χ4n) is 2.67. The number of rotatable bonds is 5. The molecule has 1 aromatic carbocycles. The molecule has 8 heteroatoms. The Hall–Kier alpha value is -2.22. The first-order chi connectivity index (χ1) is 11.5. The van der Waals surface area contributed by atoms with Crippen molar-refractivity contribution in [1.82, 2.24) is 9.97 Å². The molecule has 0 spiro atoms. The summed E-state index contributed by atoms with van der Waals surface area (Å²) < 4.78 is 40.3. The summed E-state index contributed by atoms with van der Waals surface area (Å²) in [5, 5.41) is 0. The molecule has 1 saturated heterocycles. The van der Waals surface area contributed by atoms with Crippen molar-refractivity contribution in [3.63, 3.8) is 0 Å². The first kappa shape index (κ1) is 16.6. The third-order valence-electron chi connectivity index (χ3n) is 3.85. The third-order valence-corrected chi connectivity index (χ3v) is 5.09. The van der Waals surface area contributed by atoms with Gasteiger partial charge in [0.15, 0.2) is 0 Å². The lowest BCUT2D eigenvalue weighted by Gasteiger charge is -2.26. The summed E-state index contributed by atoms with van der Waals surface area (Å²) >= 11 is 0. The average Bonchev–Trinajstić information content (AvgIpc) is 2.58. The van der Waals surface area contributed by atoms with Crippen LogP contribution in [-0.4, -0.2) is 31.5 Å². The van der Waals surface area contributed by atoms with Crippen molar-refractivity contribution < 1.29 is 12.8 Å². The van der Waals surface area contributed by atoms with Crippen molar-refractivity contribution in [3.8, 4) is 0 Å². The van der Waals surface area contributed by atoms with Gasteiger partial charge in [-0.05, 0) is 25.3 Å². The first-order valence-corrected chi connectivity index (χ1v) is 9.50. The standard InChI is InChI=1S/C16H19FN4O2S/c17-15-7-3-2-6-13(15)12-24(22,23)20-14-10-18-16(19-11-14)21-8-4-1-5-9-21/h2-3,6-7,10-11,20H,1,4-5,8-9,12H2. The van der Waals surface area contributed by atoms with Gasteiger partial charge in [0, 0.05) is 18.7 Å². The molecule has 0 saturated carbocycles. The highest BCUT2D eigenvalue weighted by Crippen LogP contribution is 2.18. The molecule has 1 aliphatic heterocycles. The third kappa shape index (κ3) is 4.19. The van der Waals surface area contributed by atoms with Crippen LogP contribution in [-0.2, 0) is 15.8 Å². The largest absolute Gasteiger partial charge is 0.341 e. The lowest BCUT2D eigenvalue weighted by molar-refractivity contribution is 0.568. The van der Waals surface area contributed by atoms with Gasteiger partial charge in [-0.1, -0.05) is 18.2 Å². The van der Waals surface area contributed by atoms with Gasteiger partial charge in [0.1, 0.15) is 5.82 Å². The number of halogens is 1. The Bertz CT molecular complexity index is 790.